The van der Waals surface area contributed by atoms with Crippen LogP contribution >= 0.6 is 11.6 Å². The second-order valence-corrected chi connectivity index (χ2v) is 11.1. The summed E-state index contributed by atoms with van der Waals surface area (Å²) in [6, 6.07) is 22.6. The number of anilines is 1. The number of nitrogens with one attached hydrogen (secondary N) is 1. The molecule has 0 spiro atoms. The highest BCUT2D eigenvalue weighted by molar-refractivity contribution is 7.92. The van der Waals surface area contributed by atoms with Crippen molar-refractivity contribution in [3.63, 3.8) is 0 Å². The lowest BCUT2D eigenvalue weighted by molar-refractivity contribution is -0.140. The fraction of sp³-hybridized carbons (Fsp3) is 0.286. The average molecular weight is 542 g/mol. The third-order valence-corrected chi connectivity index (χ3v) is 7.47. The molecule has 1 N–H and O–H groups in total. The highest BCUT2D eigenvalue weighted by atomic mass is 35.5. The zero-order chi connectivity index (χ0) is 27.0. The first-order chi connectivity index (χ1) is 17.6. The van der Waals surface area contributed by atoms with E-state index in [1.807, 2.05) is 68.4 Å². The number of para-hydroxylation sites is 1. The maximum atomic E-state index is 13.9. The first-order valence-electron chi connectivity index (χ1n) is 12.0. The Balaban J connectivity index is 2.06. The minimum Gasteiger partial charge on any atom is -0.355 e. The van der Waals surface area contributed by atoms with Crippen LogP contribution in [-0.4, -0.2) is 50.5 Å². The van der Waals surface area contributed by atoms with Gasteiger partial charge in [-0.05, 0) is 42.7 Å². The zero-order valence-corrected chi connectivity index (χ0v) is 22.8. The van der Waals surface area contributed by atoms with Crippen molar-refractivity contribution in [3.05, 3.63) is 101 Å². The monoisotopic (exact) mass is 541 g/mol. The molecule has 3 rings (SSSR count). The molecule has 2 amide bonds. The molecule has 37 heavy (non-hydrogen) atoms. The van der Waals surface area contributed by atoms with Crippen molar-refractivity contribution in [1.29, 1.82) is 0 Å². The molecule has 1 atom stereocenters. The number of nitrogens with zero attached hydrogens (tertiary/aromatic N) is 2. The van der Waals surface area contributed by atoms with Crippen LogP contribution in [0.15, 0.2) is 78.9 Å². The number of amides is 2. The van der Waals surface area contributed by atoms with Gasteiger partial charge in [0, 0.05) is 19.5 Å². The van der Waals surface area contributed by atoms with Gasteiger partial charge in [0.2, 0.25) is 21.8 Å². The first-order valence-corrected chi connectivity index (χ1v) is 14.2. The number of carbonyl (C=O) groups excluding carboxylic acids is 2. The van der Waals surface area contributed by atoms with Crippen molar-refractivity contribution in [2.45, 2.75) is 32.9 Å². The molecule has 1 unspecified atom stereocenters. The number of rotatable bonds is 11. The van der Waals surface area contributed by atoms with Crippen molar-refractivity contribution < 1.29 is 18.0 Å². The SMILES string of the molecule is CCNC(=O)C(Cc1ccccc1)N(Cc1ccccc1C)C(=O)CN(c1ccccc1Cl)S(C)(=O)=O. The van der Waals surface area contributed by atoms with Crippen LogP contribution in [-0.2, 0) is 32.6 Å². The Morgan fingerprint density at radius 1 is 0.946 bits per heavy atom. The molecule has 3 aromatic carbocycles. The molecule has 3 aromatic rings. The van der Waals surface area contributed by atoms with Crippen LogP contribution in [0.5, 0.6) is 0 Å². The summed E-state index contributed by atoms with van der Waals surface area (Å²) in [7, 11) is -3.86. The number of hydrogen-bond donors (Lipinski definition) is 1. The van der Waals surface area contributed by atoms with E-state index in [9.17, 15) is 18.0 Å². The molecule has 0 saturated heterocycles. The molecule has 0 aromatic heterocycles. The molecule has 0 aliphatic rings. The Morgan fingerprint density at radius 2 is 1.57 bits per heavy atom. The van der Waals surface area contributed by atoms with Gasteiger partial charge in [-0.15, -0.1) is 0 Å². The number of hydrogen-bond acceptors (Lipinski definition) is 4. The number of likely N-dealkylation sites (N-methyl/N-ethyl adjacent to an activating group) is 1. The number of sulfonamides is 1. The Hall–Kier alpha value is -3.36. The van der Waals surface area contributed by atoms with Gasteiger partial charge in [0.05, 0.1) is 17.0 Å². The molecule has 0 heterocycles. The second-order valence-electron chi connectivity index (χ2n) is 8.77. The first kappa shape index (κ1) is 28.2. The second kappa shape index (κ2) is 12.7. The van der Waals surface area contributed by atoms with Gasteiger partial charge in [-0.2, -0.15) is 0 Å². The Labute approximate surface area is 224 Å². The van der Waals surface area contributed by atoms with Gasteiger partial charge in [-0.25, -0.2) is 8.42 Å². The van der Waals surface area contributed by atoms with Crippen molar-refractivity contribution in [3.8, 4) is 0 Å². The van der Waals surface area contributed by atoms with E-state index in [4.69, 9.17) is 11.6 Å². The Kier molecular flexibility index (Phi) is 9.72. The normalized spacial score (nSPS) is 12.0. The van der Waals surface area contributed by atoms with E-state index in [2.05, 4.69) is 5.32 Å². The molecular weight excluding hydrogens is 510 g/mol. The number of carbonyl (C=O) groups is 2. The zero-order valence-electron chi connectivity index (χ0n) is 21.2. The fourth-order valence-electron chi connectivity index (χ4n) is 4.07. The molecule has 9 heteroatoms. The van der Waals surface area contributed by atoms with E-state index in [1.165, 1.54) is 4.90 Å². The summed E-state index contributed by atoms with van der Waals surface area (Å²) < 4.78 is 26.5. The van der Waals surface area contributed by atoms with Gasteiger partial charge in [0.25, 0.3) is 0 Å². The van der Waals surface area contributed by atoms with Crippen LogP contribution < -0.4 is 9.62 Å². The van der Waals surface area contributed by atoms with Crippen LogP contribution in [0.1, 0.15) is 23.6 Å². The van der Waals surface area contributed by atoms with E-state index < -0.39 is 28.5 Å². The third-order valence-electron chi connectivity index (χ3n) is 6.02. The van der Waals surface area contributed by atoms with Gasteiger partial charge in [-0.3, -0.25) is 13.9 Å². The quantitative estimate of drug-likeness (QED) is 0.394. The molecule has 196 valence electrons. The fourth-order valence-corrected chi connectivity index (χ4v) is 5.22. The van der Waals surface area contributed by atoms with E-state index in [1.54, 1.807) is 24.3 Å². The molecule has 0 saturated carbocycles. The molecule has 0 fully saturated rings. The topological polar surface area (TPSA) is 86.8 Å². The summed E-state index contributed by atoms with van der Waals surface area (Å²) >= 11 is 6.31. The van der Waals surface area contributed by atoms with Crippen molar-refractivity contribution in [1.82, 2.24) is 10.2 Å². The molecule has 0 bridgehead atoms. The maximum Gasteiger partial charge on any atom is 0.244 e. The van der Waals surface area contributed by atoms with Gasteiger partial charge in [-0.1, -0.05) is 78.3 Å². The summed E-state index contributed by atoms with van der Waals surface area (Å²) in [6.45, 7) is 3.78. The van der Waals surface area contributed by atoms with E-state index in [-0.39, 0.29) is 29.6 Å². The smallest absolute Gasteiger partial charge is 0.244 e. The lowest BCUT2D eigenvalue weighted by atomic mass is 10.0. The largest absolute Gasteiger partial charge is 0.355 e. The van der Waals surface area contributed by atoms with Gasteiger partial charge < -0.3 is 10.2 Å². The molecule has 0 aliphatic heterocycles. The lowest BCUT2D eigenvalue weighted by Crippen LogP contribution is -2.53. The highest BCUT2D eigenvalue weighted by Gasteiger charge is 2.33. The highest BCUT2D eigenvalue weighted by Crippen LogP contribution is 2.28. The number of aryl methyl sites for hydroxylation is 1. The van der Waals surface area contributed by atoms with Gasteiger partial charge in [0.15, 0.2) is 0 Å². The summed E-state index contributed by atoms with van der Waals surface area (Å²) in [5, 5.41) is 3.04. The van der Waals surface area contributed by atoms with Crippen LogP contribution in [0, 0.1) is 6.92 Å². The third kappa shape index (κ3) is 7.57. The Morgan fingerprint density at radius 3 is 2.19 bits per heavy atom. The van der Waals surface area contributed by atoms with Crippen molar-refractivity contribution >= 4 is 39.1 Å². The van der Waals surface area contributed by atoms with Crippen LogP contribution in [0.25, 0.3) is 0 Å². The predicted octanol–water partition coefficient (Wildman–Crippen LogP) is 4.19. The molecule has 0 radical (unpaired) electrons. The molecule has 7 nitrogen and oxygen atoms in total. The summed E-state index contributed by atoms with van der Waals surface area (Å²) in [5.41, 5.74) is 2.91. The maximum absolute atomic E-state index is 13.9. The summed E-state index contributed by atoms with van der Waals surface area (Å²) in [5.74, 6) is -0.822. The Bertz CT molecular complexity index is 1330. The van der Waals surface area contributed by atoms with Crippen molar-refractivity contribution in [2.75, 3.05) is 23.7 Å². The molecule has 0 aliphatic carbocycles. The van der Waals surface area contributed by atoms with Gasteiger partial charge >= 0.3 is 0 Å². The standard InChI is InChI=1S/C28H32ClN3O4S/c1-4-30-28(34)26(18-22-13-6-5-7-14-22)31(19-23-15-9-8-12-21(23)2)27(33)20-32(37(3,35)36)25-17-11-10-16-24(25)29/h5-17,26H,4,18-20H2,1-3H3,(H,30,34). The van der Waals surface area contributed by atoms with Gasteiger partial charge in [0.1, 0.15) is 12.6 Å². The molecular formula is C28H32ClN3O4S. The minimum atomic E-state index is -3.86. The number of benzene rings is 3. The summed E-state index contributed by atoms with van der Waals surface area (Å²) in [6.07, 6.45) is 1.30. The van der Waals surface area contributed by atoms with E-state index in [0.29, 0.717) is 6.54 Å². The van der Waals surface area contributed by atoms with E-state index in [0.717, 1.165) is 27.3 Å². The van der Waals surface area contributed by atoms with Crippen LogP contribution in [0.4, 0.5) is 5.69 Å². The lowest BCUT2D eigenvalue weighted by Gasteiger charge is -2.34. The minimum absolute atomic E-state index is 0.139. The van der Waals surface area contributed by atoms with E-state index >= 15 is 0 Å². The van der Waals surface area contributed by atoms with Crippen LogP contribution in [0.3, 0.4) is 0 Å². The van der Waals surface area contributed by atoms with Crippen molar-refractivity contribution in [2.24, 2.45) is 0 Å². The average Bonchev–Trinajstić information content (AvgIpc) is 2.86. The predicted molar refractivity (Wildman–Crippen MR) is 148 cm³/mol. The van der Waals surface area contributed by atoms with Crippen LogP contribution in [0.2, 0.25) is 5.02 Å². The summed E-state index contributed by atoms with van der Waals surface area (Å²) in [4.78, 5) is 28.7. The number of halogens is 1.